The first-order valence-corrected chi connectivity index (χ1v) is 8.65. The Morgan fingerprint density at radius 1 is 1.24 bits per heavy atom. The van der Waals surface area contributed by atoms with Crippen molar-refractivity contribution in [1.29, 1.82) is 0 Å². The number of rotatable bonds is 3. The van der Waals surface area contributed by atoms with Crippen molar-refractivity contribution in [3.8, 4) is 0 Å². The highest BCUT2D eigenvalue weighted by molar-refractivity contribution is 9.10. The molecule has 21 heavy (non-hydrogen) atoms. The molecule has 0 spiro atoms. The van der Waals surface area contributed by atoms with Gasteiger partial charge in [-0.3, -0.25) is 4.31 Å². The topological polar surface area (TPSA) is 63.4 Å². The molecule has 0 saturated carbocycles. The van der Waals surface area contributed by atoms with Crippen LogP contribution in [0.2, 0.25) is 5.02 Å². The minimum atomic E-state index is -3.77. The summed E-state index contributed by atoms with van der Waals surface area (Å²) in [7, 11) is -2.27. The molecule has 2 aromatic rings. The van der Waals surface area contributed by atoms with Crippen molar-refractivity contribution in [3.63, 3.8) is 0 Å². The number of para-hydroxylation sites is 1. The first-order valence-electron chi connectivity index (χ1n) is 6.04. The van der Waals surface area contributed by atoms with E-state index in [-0.39, 0.29) is 15.6 Å². The predicted molar refractivity (Wildman–Crippen MR) is 90.3 cm³/mol. The number of nitrogens with two attached hydrogens (primary N) is 1. The summed E-state index contributed by atoms with van der Waals surface area (Å²) >= 11 is 9.15. The third-order valence-electron chi connectivity index (χ3n) is 3.13. The molecule has 0 bridgehead atoms. The van der Waals surface area contributed by atoms with E-state index in [1.807, 2.05) is 19.1 Å². The molecule has 0 fully saturated rings. The van der Waals surface area contributed by atoms with Crippen LogP contribution < -0.4 is 10.0 Å². The standard InChI is InChI=1S/C14H14BrClN2O2S/c1-9-5-3-4-6-12(9)18(2)21(19,20)13-8-10(16)7-11(17)14(13)15/h3-8H,17H2,1-2H3. The summed E-state index contributed by atoms with van der Waals surface area (Å²) < 4.78 is 27.1. The molecule has 2 aromatic carbocycles. The maximum absolute atomic E-state index is 12.8. The minimum Gasteiger partial charge on any atom is -0.398 e. The molecule has 0 unspecified atom stereocenters. The predicted octanol–water partition coefficient (Wildman–Crippen LogP) is 3.82. The monoisotopic (exact) mass is 388 g/mol. The van der Waals surface area contributed by atoms with Crippen LogP contribution in [0.25, 0.3) is 0 Å². The lowest BCUT2D eigenvalue weighted by molar-refractivity contribution is 0.594. The summed E-state index contributed by atoms with van der Waals surface area (Å²) in [5, 5.41) is 0.271. The van der Waals surface area contributed by atoms with E-state index in [9.17, 15) is 8.42 Å². The van der Waals surface area contributed by atoms with Gasteiger partial charge in [-0.1, -0.05) is 29.8 Å². The Balaban J connectivity index is 2.60. The number of sulfonamides is 1. The summed E-state index contributed by atoms with van der Waals surface area (Å²) in [6.07, 6.45) is 0. The molecule has 7 heteroatoms. The molecule has 0 atom stereocenters. The zero-order valence-corrected chi connectivity index (χ0v) is 14.6. The van der Waals surface area contributed by atoms with Crippen LogP contribution in [0.4, 0.5) is 11.4 Å². The molecule has 0 radical (unpaired) electrons. The largest absolute Gasteiger partial charge is 0.398 e. The number of hydrogen-bond acceptors (Lipinski definition) is 3. The van der Waals surface area contributed by atoms with Crippen LogP contribution in [0, 0.1) is 6.92 Å². The number of halogens is 2. The fourth-order valence-corrected chi connectivity index (χ4v) is 4.48. The van der Waals surface area contributed by atoms with Gasteiger partial charge < -0.3 is 5.73 Å². The van der Waals surface area contributed by atoms with Crippen molar-refractivity contribution in [1.82, 2.24) is 0 Å². The average Bonchev–Trinajstić information content (AvgIpc) is 2.42. The van der Waals surface area contributed by atoms with Crippen LogP contribution in [0.3, 0.4) is 0 Å². The second kappa shape index (κ2) is 5.87. The van der Waals surface area contributed by atoms with Crippen molar-refractivity contribution in [3.05, 3.63) is 51.5 Å². The first kappa shape index (κ1) is 16.1. The van der Waals surface area contributed by atoms with Gasteiger partial charge in [-0.15, -0.1) is 0 Å². The Hall–Kier alpha value is -1.24. The Morgan fingerprint density at radius 2 is 1.86 bits per heavy atom. The lowest BCUT2D eigenvalue weighted by Crippen LogP contribution is -2.27. The fourth-order valence-electron chi connectivity index (χ4n) is 1.97. The molecule has 2 N–H and O–H groups in total. The zero-order chi connectivity index (χ0) is 15.8. The van der Waals surface area contributed by atoms with Crippen LogP contribution in [0.1, 0.15) is 5.56 Å². The number of aryl methyl sites for hydroxylation is 1. The third kappa shape index (κ3) is 3.02. The van der Waals surface area contributed by atoms with Gasteiger partial charge in [0.15, 0.2) is 0 Å². The molecule has 2 rings (SSSR count). The summed E-state index contributed by atoms with van der Waals surface area (Å²) in [4.78, 5) is 0.0400. The van der Waals surface area contributed by atoms with E-state index in [1.165, 1.54) is 23.5 Å². The molecular weight excluding hydrogens is 376 g/mol. The number of nitrogens with zero attached hydrogens (tertiary/aromatic N) is 1. The van der Waals surface area contributed by atoms with Crippen molar-refractivity contribution < 1.29 is 8.42 Å². The summed E-state index contributed by atoms with van der Waals surface area (Å²) in [5.41, 5.74) is 7.51. The van der Waals surface area contributed by atoms with Crippen LogP contribution in [-0.2, 0) is 10.0 Å². The molecule has 0 aromatic heterocycles. The number of anilines is 2. The van der Waals surface area contributed by atoms with Gasteiger partial charge in [0.25, 0.3) is 10.0 Å². The van der Waals surface area contributed by atoms with Gasteiger partial charge in [0.1, 0.15) is 4.90 Å². The second-order valence-corrected chi connectivity index (χ2v) is 7.73. The first-order chi connectivity index (χ1) is 9.75. The van der Waals surface area contributed by atoms with Crippen molar-refractivity contribution >= 4 is 48.9 Å². The van der Waals surface area contributed by atoms with Crippen molar-refractivity contribution in [2.75, 3.05) is 17.1 Å². The smallest absolute Gasteiger partial charge is 0.265 e. The average molecular weight is 390 g/mol. The van der Waals surface area contributed by atoms with Crippen LogP contribution >= 0.6 is 27.5 Å². The fraction of sp³-hybridized carbons (Fsp3) is 0.143. The van der Waals surface area contributed by atoms with Gasteiger partial charge in [-0.25, -0.2) is 8.42 Å². The van der Waals surface area contributed by atoms with Gasteiger partial charge in [-0.2, -0.15) is 0 Å². The maximum Gasteiger partial charge on any atom is 0.265 e. The van der Waals surface area contributed by atoms with Crippen LogP contribution in [0.5, 0.6) is 0 Å². The highest BCUT2D eigenvalue weighted by Crippen LogP contribution is 2.34. The molecule has 112 valence electrons. The molecule has 0 aliphatic rings. The Labute approximate surface area is 137 Å². The SMILES string of the molecule is Cc1ccccc1N(C)S(=O)(=O)c1cc(Cl)cc(N)c1Br. The normalized spacial score (nSPS) is 11.4. The second-order valence-electron chi connectivity index (χ2n) is 4.57. The number of nitrogen functional groups attached to an aromatic ring is 1. The third-order valence-corrected chi connectivity index (χ3v) is 6.29. The lowest BCUT2D eigenvalue weighted by Gasteiger charge is -2.22. The molecule has 0 heterocycles. The molecule has 4 nitrogen and oxygen atoms in total. The highest BCUT2D eigenvalue weighted by Gasteiger charge is 2.26. The minimum absolute atomic E-state index is 0.0400. The van der Waals surface area contributed by atoms with Gasteiger partial charge in [0.2, 0.25) is 0 Å². The van der Waals surface area contributed by atoms with E-state index < -0.39 is 10.0 Å². The van der Waals surface area contributed by atoms with Crippen LogP contribution in [0.15, 0.2) is 45.8 Å². The summed E-state index contributed by atoms with van der Waals surface area (Å²) in [6, 6.07) is 10.1. The lowest BCUT2D eigenvalue weighted by atomic mass is 10.2. The summed E-state index contributed by atoms with van der Waals surface area (Å²) in [6.45, 7) is 1.85. The Morgan fingerprint density at radius 3 is 2.48 bits per heavy atom. The quantitative estimate of drug-likeness (QED) is 0.812. The highest BCUT2D eigenvalue weighted by atomic mass is 79.9. The van der Waals surface area contributed by atoms with Gasteiger partial charge in [0.05, 0.1) is 10.2 Å². The van der Waals surface area contributed by atoms with Crippen LogP contribution in [-0.4, -0.2) is 15.5 Å². The molecule has 0 aliphatic carbocycles. The summed E-state index contributed by atoms with van der Waals surface area (Å²) in [5.74, 6) is 0. The molecule has 0 amide bonds. The van der Waals surface area contributed by atoms with E-state index in [0.29, 0.717) is 10.2 Å². The molecule has 0 saturated heterocycles. The van der Waals surface area contributed by atoms with Gasteiger partial charge >= 0.3 is 0 Å². The number of benzene rings is 2. The van der Waals surface area contributed by atoms with E-state index in [2.05, 4.69) is 15.9 Å². The van der Waals surface area contributed by atoms with E-state index in [4.69, 9.17) is 17.3 Å². The van der Waals surface area contributed by atoms with Crippen molar-refractivity contribution in [2.24, 2.45) is 0 Å². The zero-order valence-electron chi connectivity index (χ0n) is 11.5. The molecule has 0 aliphatic heterocycles. The Kier molecular flexibility index (Phi) is 4.51. The number of hydrogen-bond donors (Lipinski definition) is 1. The van der Waals surface area contributed by atoms with E-state index in [1.54, 1.807) is 12.1 Å². The maximum atomic E-state index is 12.8. The van der Waals surface area contributed by atoms with Crippen molar-refractivity contribution in [2.45, 2.75) is 11.8 Å². The van der Waals surface area contributed by atoms with Gasteiger partial charge in [-0.05, 0) is 46.6 Å². The Bertz CT molecular complexity index is 794. The van der Waals surface area contributed by atoms with Gasteiger partial charge in [0, 0.05) is 17.8 Å². The van der Waals surface area contributed by atoms with E-state index >= 15 is 0 Å². The molecular formula is C14H14BrClN2O2S. The van der Waals surface area contributed by atoms with E-state index in [0.717, 1.165) is 5.56 Å².